The average Bonchev–Trinajstić information content (AvgIpc) is 3.35. The zero-order chi connectivity index (χ0) is 49.9. The van der Waals surface area contributed by atoms with Crippen LogP contribution in [-0.2, 0) is 4.79 Å². The van der Waals surface area contributed by atoms with Gasteiger partial charge in [-0.3, -0.25) is 4.79 Å². The fourth-order valence-corrected chi connectivity index (χ4v) is 10.6. The van der Waals surface area contributed by atoms with Gasteiger partial charge in [0.25, 0.3) is 0 Å². The molecule has 0 saturated carbocycles. The Kier molecular flexibility index (Phi) is 60.7. The maximum atomic E-state index is 12.5. The van der Waals surface area contributed by atoms with Crippen molar-refractivity contribution in [2.24, 2.45) is 0 Å². The highest BCUT2D eigenvalue weighted by atomic mass is 16.3. The molecular formula is C65H129NO3. The van der Waals surface area contributed by atoms with Crippen molar-refractivity contribution in [2.45, 2.75) is 392 Å². The van der Waals surface area contributed by atoms with Crippen molar-refractivity contribution in [3.63, 3.8) is 0 Å². The van der Waals surface area contributed by atoms with Gasteiger partial charge in [-0.05, 0) is 38.5 Å². The molecule has 0 radical (unpaired) electrons. The van der Waals surface area contributed by atoms with Crippen molar-refractivity contribution < 1.29 is 15.0 Å². The summed E-state index contributed by atoms with van der Waals surface area (Å²) >= 11 is 0. The summed E-state index contributed by atoms with van der Waals surface area (Å²) in [6, 6.07) is -0.535. The Morgan fingerprint density at radius 2 is 0.551 bits per heavy atom. The van der Waals surface area contributed by atoms with Gasteiger partial charge in [-0.25, -0.2) is 0 Å². The van der Waals surface area contributed by atoms with Crippen LogP contribution in [0, 0.1) is 0 Å². The van der Waals surface area contributed by atoms with Gasteiger partial charge in [-0.2, -0.15) is 0 Å². The third kappa shape index (κ3) is 57.9. The first kappa shape index (κ1) is 68.1. The third-order valence-electron chi connectivity index (χ3n) is 15.5. The van der Waals surface area contributed by atoms with E-state index in [1.54, 1.807) is 0 Å². The van der Waals surface area contributed by atoms with Crippen molar-refractivity contribution >= 4 is 5.91 Å². The molecule has 412 valence electrons. The Hall–Kier alpha value is -0.870. The van der Waals surface area contributed by atoms with Crippen LogP contribution < -0.4 is 5.32 Å². The van der Waals surface area contributed by atoms with Gasteiger partial charge in [0, 0.05) is 6.42 Å². The normalized spacial score (nSPS) is 12.7. The zero-order valence-electron chi connectivity index (χ0n) is 47.6. The van der Waals surface area contributed by atoms with Crippen LogP contribution in [0.5, 0.6) is 0 Å². The highest BCUT2D eigenvalue weighted by Crippen LogP contribution is 2.19. The van der Waals surface area contributed by atoms with Crippen molar-refractivity contribution in [2.75, 3.05) is 6.61 Å². The lowest BCUT2D eigenvalue weighted by Gasteiger charge is -2.22. The molecule has 0 aliphatic carbocycles. The second-order valence-corrected chi connectivity index (χ2v) is 22.5. The number of hydrogen-bond acceptors (Lipinski definition) is 3. The Morgan fingerprint density at radius 1 is 0.333 bits per heavy atom. The lowest BCUT2D eigenvalue weighted by atomic mass is 10.0. The fraction of sp³-hybridized carbons (Fsp3) is 0.954. The molecule has 4 heteroatoms. The first-order valence-corrected chi connectivity index (χ1v) is 32.4. The lowest BCUT2D eigenvalue weighted by Crippen LogP contribution is -2.45. The van der Waals surface area contributed by atoms with Crippen molar-refractivity contribution in [3.8, 4) is 0 Å². The topological polar surface area (TPSA) is 69.6 Å². The Balaban J connectivity index is 3.38. The molecular weight excluding hydrogens is 843 g/mol. The minimum atomic E-state index is -0.658. The molecule has 0 aromatic rings. The number of carbonyl (C=O) groups is 1. The van der Waals surface area contributed by atoms with Crippen LogP contribution in [0.1, 0.15) is 380 Å². The fourth-order valence-electron chi connectivity index (χ4n) is 10.6. The summed E-state index contributed by atoms with van der Waals surface area (Å²) in [5.74, 6) is -0.0234. The molecule has 1 amide bonds. The number of aliphatic hydroxyl groups excluding tert-OH is 2. The van der Waals surface area contributed by atoms with Gasteiger partial charge in [0.15, 0.2) is 0 Å². The molecule has 0 spiro atoms. The number of allylic oxidation sites excluding steroid dienone is 2. The van der Waals surface area contributed by atoms with E-state index in [1.807, 2.05) is 0 Å². The highest BCUT2D eigenvalue weighted by Gasteiger charge is 2.20. The molecule has 3 N–H and O–H groups in total. The summed E-state index contributed by atoms with van der Waals surface area (Å²) in [7, 11) is 0. The lowest BCUT2D eigenvalue weighted by molar-refractivity contribution is -0.123. The molecule has 69 heavy (non-hydrogen) atoms. The number of aliphatic hydroxyl groups is 2. The van der Waals surface area contributed by atoms with Gasteiger partial charge < -0.3 is 15.5 Å². The van der Waals surface area contributed by atoms with Crippen LogP contribution in [0.2, 0.25) is 0 Å². The van der Waals surface area contributed by atoms with E-state index >= 15 is 0 Å². The molecule has 0 heterocycles. The van der Waals surface area contributed by atoms with Crippen LogP contribution in [0.25, 0.3) is 0 Å². The average molecular weight is 973 g/mol. The summed E-state index contributed by atoms with van der Waals surface area (Å²) in [4.78, 5) is 12.5. The van der Waals surface area contributed by atoms with E-state index in [1.165, 1.54) is 327 Å². The number of unbranched alkanes of at least 4 members (excludes halogenated alkanes) is 52. The predicted molar refractivity (Wildman–Crippen MR) is 309 cm³/mol. The van der Waals surface area contributed by atoms with Gasteiger partial charge in [-0.1, -0.05) is 347 Å². The van der Waals surface area contributed by atoms with E-state index in [2.05, 4.69) is 31.3 Å². The van der Waals surface area contributed by atoms with Gasteiger partial charge in [0.05, 0.1) is 18.8 Å². The molecule has 0 rings (SSSR count). The van der Waals surface area contributed by atoms with E-state index in [-0.39, 0.29) is 12.5 Å². The van der Waals surface area contributed by atoms with Gasteiger partial charge in [0.1, 0.15) is 0 Å². The molecule has 0 aromatic carbocycles. The first-order chi connectivity index (χ1) is 34.2. The molecule has 0 aromatic heterocycles. The molecule has 0 fully saturated rings. The molecule has 0 saturated heterocycles. The van der Waals surface area contributed by atoms with Gasteiger partial charge in [-0.15, -0.1) is 0 Å². The summed E-state index contributed by atoms with van der Waals surface area (Å²) in [6.45, 7) is 4.41. The van der Waals surface area contributed by atoms with Crippen molar-refractivity contribution in [1.82, 2.24) is 5.32 Å². The van der Waals surface area contributed by atoms with Gasteiger partial charge >= 0.3 is 0 Å². The molecule has 0 aliphatic rings. The quantitative estimate of drug-likeness (QED) is 0.0420. The Labute approximate surface area is 435 Å². The maximum Gasteiger partial charge on any atom is 0.220 e. The molecule has 0 bridgehead atoms. The van der Waals surface area contributed by atoms with E-state index in [4.69, 9.17) is 0 Å². The minimum absolute atomic E-state index is 0.0234. The van der Waals surface area contributed by atoms with Crippen LogP contribution in [-0.4, -0.2) is 34.9 Å². The standard InChI is InChI=1S/C65H129NO3/c1-3-5-7-9-11-13-15-17-19-21-23-25-27-29-30-31-32-33-34-35-37-38-40-42-44-46-48-50-52-54-56-58-60-64(68)63(62-67)66-65(69)61-59-57-55-53-51-49-47-45-43-41-39-36-28-26-24-22-20-18-16-14-12-10-8-6-4-2/h22,24,63-64,67-68H,3-21,23,25-62H2,1-2H3,(H,66,69)/b24-22-. The summed E-state index contributed by atoms with van der Waals surface area (Å²) in [6.07, 6.45) is 81.0. The highest BCUT2D eigenvalue weighted by molar-refractivity contribution is 5.76. The third-order valence-corrected chi connectivity index (χ3v) is 15.5. The molecule has 0 aliphatic heterocycles. The summed E-state index contributed by atoms with van der Waals surface area (Å²) in [5.41, 5.74) is 0. The van der Waals surface area contributed by atoms with Crippen LogP contribution >= 0.6 is 0 Å². The van der Waals surface area contributed by atoms with Crippen molar-refractivity contribution in [3.05, 3.63) is 12.2 Å². The summed E-state index contributed by atoms with van der Waals surface area (Å²) in [5, 5.41) is 23.4. The van der Waals surface area contributed by atoms with Crippen molar-refractivity contribution in [1.29, 1.82) is 0 Å². The number of carbonyl (C=O) groups excluding carboxylic acids is 1. The van der Waals surface area contributed by atoms with Crippen LogP contribution in [0.4, 0.5) is 0 Å². The second-order valence-electron chi connectivity index (χ2n) is 22.5. The van der Waals surface area contributed by atoms with Gasteiger partial charge in [0.2, 0.25) is 5.91 Å². The SMILES string of the molecule is CCCCCCCCCC/C=C\CCCCCCCCCCCCCCCC(=O)NC(CO)C(O)CCCCCCCCCCCCCCCCCCCCCCCCCCCCCCCCCC. The smallest absolute Gasteiger partial charge is 0.220 e. The van der Waals surface area contributed by atoms with E-state index in [0.717, 1.165) is 25.7 Å². The Bertz CT molecular complexity index is 967. The number of rotatable bonds is 61. The molecule has 2 unspecified atom stereocenters. The van der Waals surface area contributed by atoms with E-state index in [0.29, 0.717) is 12.8 Å². The molecule has 2 atom stereocenters. The van der Waals surface area contributed by atoms with Crippen LogP contribution in [0.15, 0.2) is 12.2 Å². The number of amides is 1. The molecule has 4 nitrogen and oxygen atoms in total. The second kappa shape index (κ2) is 61.4. The maximum absolute atomic E-state index is 12.5. The van der Waals surface area contributed by atoms with E-state index < -0.39 is 12.1 Å². The monoisotopic (exact) mass is 972 g/mol. The van der Waals surface area contributed by atoms with Crippen LogP contribution in [0.3, 0.4) is 0 Å². The van der Waals surface area contributed by atoms with E-state index in [9.17, 15) is 15.0 Å². The summed E-state index contributed by atoms with van der Waals surface area (Å²) < 4.78 is 0. The zero-order valence-corrected chi connectivity index (χ0v) is 47.6. The Morgan fingerprint density at radius 3 is 0.797 bits per heavy atom. The predicted octanol–water partition coefficient (Wildman–Crippen LogP) is 21.7. The first-order valence-electron chi connectivity index (χ1n) is 32.4. The number of nitrogens with one attached hydrogen (secondary N) is 1. The largest absolute Gasteiger partial charge is 0.394 e. The number of hydrogen-bond donors (Lipinski definition) is 3. The minimum Gasteiger partial charge on any atom is -0.394 e.